The van der Waals surface area contributed by atoms with E-state index in [1.165, 1.54) is 180 Å². The van der Waals surface area contributed by atoms with Crippen molar-refractivity contribution in [3.05, 3.63) is 48.6 Å². The zero-order chi connectivity index (χ0) is 40.7. The van der Waals surface area contributed by atoms with E-state index in [9.17, 15) is 15.0 Å². The maximum absolute atomic E-state index is 12.5. The van der Waals surface area contributed by atoms with Crippen molar-refractivity contribution >= 4 is 5.91 Å². The molecule has 3 N–H and O–H groups in total. The van der Waals surface area contributed by atoms with Crippen molar-refractivity contribution in [2.45, 2.75) is 270 Å². The number of carbonyl (C=O) groups is 1. The van der Waals surface area contributed by atoms with Crippen LogP contribution in [0.15, 0.2) is 48.6 Å². The number of amides is 1. The molecule has 328 valence electrons. The van der Waals surface area contributed by atoms with Gasteiger partial charge in [0.15, 0.2) is 0 Å². The van der Waals surface area contributed by atoms with Gasteiger partial charge in [-0.15, -0.1) is 0 Å². The molecule has 56 heavy (non-hydrogen) atoms. The highest BCUT2D eigenvalue weighted by molar-refractivity contribution is 5.76. The number of unbranched alkanes of at least 4 members (excludes halogenated alkanes) is 30. The van der Waals surface area contributed by atoms with Crippen LogP contribution in [0.25, 0.3) is 0 Å². The van der Waals surface area contributed by atoms with E-state index in [1.54, 1.807) is 0 Å². The second-order valence-corrected chi connectivity index (χ2v) is 16.9. The number of rotatable bonds is 45. The lowest BCUT2D eigenvalue weighted by Gasteiger charge is -2.22. The predicted octanol–water partition coefficient (Wildman–Crippen LogP) is 15.9. The van der Waals surface area contributed by atoms with Crippen molar-refractivity contribution < 1.29 is 15.0 Å². The lowest BCUT2D eigenvalue weighted by Crippen LogP contribution is -2.45. The maximum Gasteiger partial charge on any atom is 0.220 e. The van der Waals surface area contributed by atoms with Crippen molar-refractivity contribution in [3.8, 4) is 0 Å². The van der Waals surface area contributed by atoms with Crippen LogP contribution < -0.4 is 5.32 Å². The maximum atomic E-state index is 12.5. The highest BCUT2D eigenvalue weighted by atomic mass is 16.3. The molecule has 0 bridgehead atoms. The van der Waals surface area contributed by atoms with E-state index in [1.807, 2.05) is 0 Å². The highest BCUT2D eigenvalue weighted by Gasteiger charge is 2.20. The molecule has 4 heteroatoms. The van der Waals surface area contributed by atoms with E-state index in [0.717, 1.165) is 51.4 Å². The van der Waals surface area contributed by atoms with Gasteiger partial charge >= 0.3 is 0 Å². The summed E-state index contributed by atoms with van der Waals surface area (Å²) in [6.07, 6.45) is 64.9. The summed E-state index contributed by atoms with van der Waals surface area (Å²) in [5.74, 6) is -0.0327. The largest absolute Gasteiger partial charge is 0.394 e. The fraction of sp³-hybridized carbons (Fsp3) is 0.827. The van der Waals surface area contributed by atoms with Crippen LogP contribution in [0.1, 0.15) is 258 Å². The zero-order valence-electron chi connectivity index (χ0n) is 37.7. The Morgan fingerprint density at radius 2 is 0.786 bits per heavy atom. The lowest BCUT2D eigenvalue weighted by atomic mass is 10.0. The Morgan fingerprint density at radius 3 is 1.18 bits per heavy atom. The van der Waals surface area contributed by atoms with E-state index in [2.05, 4.69) is 67.8 Å². The molecule has 0 saturated carbocycles. The molecule has 0 fully saturated rings. The van der Waals surface area contributed by atoms with Crippen molar-refractivity contribution in [3.63, 3.8) is 0 Å². The summed E-state index contributed by atoms with van der Waals surface area (Å²) in [6, 6.07) is -0.538. The molecule has 1 amide bonds. The minimum atomic E-state index is -0.661. The van der Waals surface area contributed by atoms with Crippen molar-refractivity contribution in [2.24, 2.45) is 0 Å². The van der Waals surface area contributed by atoms with Crippen LogP contribution in [-0.2, 0) is 4.79 Å². The first kappa shape index (κ1) is 54.3. The standard InChI is InChI=1S/C52H97NO3/c1-3-5-7-9-11-13-15-17-19-21-23-24-25-26-27-28-30-32-34-36-38-40-42-44-46-48-52(56)53-50(49-54)51(55)47-45-43-41-39-37-35-33-31-29-22-20-18-16-14-12-10-8-6-4-2/h5,7,11,13,17,19,23-24,50-51,54-55H,3-4,6,8-10,12,14-16,18,20-22,25-49H2,1-2H3,(H,53,56)/b7-5-,13-11-,19-17-,24-23-. The Hall–Kier alpha value is -1.65. The first-order chi connectivity index (χ1) is 27.7. The molecule has 0 radical (unpaired) electrons. The Labute approximate surface area is 350 Å². The molecule has 0 aliphatic rings. The van der Waals surface area contributed by atoms with Gasteiger partial charge in [0.1, 0.15) is 0 Å². The van der Waals surface area contributed by atoms with Crippen molar-refractivity contribution in [1.29, 1.82) is 0 Å². The zero-order valence-corrected chi connectivity index (χ0v) is 37.7. The topological polar surface area (TPSA) is 69.6 Å². The van der Waals surface area contributed by atoms with Crippen LogP contribution in [0.4, 0.5) is 0 Å². The first-order valence-corrected chi connectivity index (χ1v) is 24.8. The molecule has 0 saturated heterocycles. The molecule has 0 aromatic carbocycles. The third-order valence-electron chi connectivity index (χ3n) is 11.4. The average molecular weight is 784 g/mol. The number of hydrogen-bond donors (Lipinski definition) is 3. The van der Waals surface area contributed by atoms with Gasteiger partial charge in [0.25, 0.3) is 0 Å². The SMILES string of the molecule is CC/C=C\C/C=C\C/C=C\C/C=C\CCCCCCCCCCCCCCC(=O)NC(CO)C(O)CCCCCCCCCCCCCCCCCCCCC. The average Bonchev–Trinajstić information content (AvgIpc) is 3.20. The number of hydrogen-bond acceptors (Lipinski definition) is 3. The van der Waals surface area contributed by atoms with E-state index < -0.39 is 12.1 Å². The second-order valence-electron chi connectivity index (χ2n) is 16.9. The molecule has 2 unspecified atom stereocenters. The molecule has 0 aliphatic carbocycles. The second kappa shape index (κ2) is 47.7. The van der Waals surface area contributed by atoms with Gasteiger partial charge < -0.3 is 15.5 Å². The highest BCUT2D eigenvalue weighted by Crippen LogP contribution is 2.17. The first-order valence-electron chi connectivity index (χ1n) is 24.8. The summed E-state index contributed by atoms with van der Waals surface area (Å²) in [7, 11) is 0. The Bertz CT molecular complexity index is 893. The number of nitrogens with one attached hydrogen (secondary N) is 1. The normalized spacial score (nSPS) is 13.3. The van der Waals surface area contributed by atoms with E-state index >= 15 is 0 Å². The smallest absolute Gasteiger partial charge is 0.220 e. The van der Waals surface area contributed by atoms with Crippen molar-refractivity contribution in [1.82, 2.24) is 5.32 Å². The molecule has 0 heterocycles. The summed E-state index contributed by atoms with van der Waals surface area (Å²) in [4.78, 5) is 12.5. The Morgan fingerprint density at radius 1 is 0.446 bits per heavy atom. The monoisotopic (exact) mass is 784 g/mol. The summed E-state index contributed by atoms with van der Waals surface area (Å²) in [5, 5.41) is 23.3. The van der Waals surface area contributed by atoms with Crippen LogP contribution in [0.3, 0.4) is 0 Å². The van der Waals surface area contributed by atoms with Crippen LogP contribution in [0, 0.1) is 0 Å². The summed E-state index contributed by atoms with van der Waals surface area (Å²) in [6.45, 7) is 4.26. The van der Waals surface area contributed by atoms with E-state index in [-0.39, 0.29) is 12.5 Å². The number of aliphatic hydroxyl groups excluding tert-OH is 2. The lowest BCUT2D eigenvalue weighted by molar-refractivity contribution is -0.123. The quantitative estimate of drug-likeness (QED) is 0.0425. The fourth-order valence-electron chi connectivity index (χ4n) is 7.59. The number of aliphatic hydroxyl groups is 2. The number of allylic oxidation sites excluding steroid dienone is 8. The minimum Gasteiger partial charge on any atom is -0.394 e. The van der Waals surface area contributed by atoms with Gasteiger partial charge in [-0.05, 0) is 51.4 Å². The van der Waals surface area contributed by atoms with Crippen LogP contribution in [0.2, 0.25) is 0 Å². The van der Waals surface area contributed by atoms with Crippen LogP contribution >= 0.6 is 0 Å². The molecule has 0 aromatic rings. The van der Waals surface area contributed by atoms with Crippen molar-refractivity contribution in [2.75, 3.05) is 6.61 Å². The Balaban J connectivity index is 3.49. The van der Waals surface area contributed by atoms with Gasteiger partial charge in [0.05, 0.1) is 18.8 Å². The molecule has 0 spiro atoms. The molecular formula is C52H97NO3. The van der Waals surface area contributed by atoms with E-state index in [0.29, 0.717) is 12.8 Å². The summed E-state index contributed by atoms with van der Waals surface area (Å²) in [5.41, 5.74) is 0. The van der Waals surface area contributed by atoms with Gasteiger partial charge in [0.2, 0.25) is 5.91 Å². The van der Waals surface area contributed by atoms with Gasteiger partial charge in [-0.25, -0.2) is 0 Å². The molecule has 0 aliphatic heterocycles. The van der Waals surface area contributed by atoms with E-state index in [4.69, 9.17) is 0 Å². The predicted molar refractivity (Wildman–Crippen MR) is 248 cm³/mol. The number of carbonyl (C=O) groups excluding carboxylic acids is 1. The van der Waals surface area contributed by atoms with Crippen LogP contribution in [0.5, 0.6) is 0 Å². The third-order valence-corrected chi connectivity index (χ3v) is 11.4. The van der Waals surface area contributed by atoms with Crippen LogP contribution in [-0.4, -0.2) is 34.9 Å². The fourth-order valence-corrected chi connectivity index (χ4v) is 7.59. The molecule has 0 rings (SSSR count). The van der Waals surface area contributed by atoms with Gasteiger partial charge in [-0.3, -0.25) is 4.79 Å². The molecule has 4 nitrogen and oxygen atoms in total. The molecular weight excluding hydrogens is 687 g/mol. The molecule has 2 atom stereocenters. The van der Waals surface area contributed by atoms with Gasteiger partial charge in [0, 0.05) is 6.42 Å². The third kappa shape index (κ3) is 43.5. The summed E-state index contributed by atoms with van der Waals surface area (Å²) >= 11 is 0. The van der Waals surface area contributed by atoms with Gasteiger partial charge in [-0.2, -0.15) is 0 Å². The summed E-state index contributed by atoms with van der Waals surface area (Å²) < 4.78 is 0. The Kier molecular flexibility index (Phi) is 46.3. The van der Waals surface area contributed by atoms with Gasteiger partial charge in [-0.1, -0.05) is 249 Å². The minimum absolute atomic E-state index is 0.0327. The molecule has 0 aromatic heterocycles.